The Kier molecular flexibility index (Phi) is 6.69. The van der Waals surface area contributed by atoms with Crippen LogP contribution in [0.3, 0.4) is 0 Å². The van der Waals surface area contributed by atoms with Gasteiger partial charge in [-0.3, -0.25) is 4.79 Å². The molecule has 2 rings (SSSR count). The fraction of sp³-hybridized carbons (Fsp3) is 0.632. The summed E-state index contributed by atoms with van der Waals surface area (Å²) in [7, 11) is -2.28. The monoisotopic (exact) mass is 382 g/mol. The lowest BCUT2D eigenvalue weighted by atomic mass is 10.1. The lowest BCUT2D eigenvalue weighted by molar-refractivity contribution is 0.0722. The largest absolute Gasteiger partial charge is 0.495 e. The third-order valence-corrected chi connectivity index (χ3v) is 6.62. The minimum absolute atomic E-state index is 0.0508. The minimum Gasteiger partial charge on any atom is -0.495 e. The fourth-order valence-corrected chi connectivity index (χ4v) is 4.70. The predicted octanol–water partition coefficient (Wildman–Crippen LogP) is 2.99. The molecule has 1 aromatic rings. The zero-order valence-electron chi connectivity index (χ0n) is 16.4. The molecule has 1 saturated carbocycles. The highest BCUT2D eigenvalue weighted by Crippen LogP contribution is 2.32. The first-order chi connectivity index (χ1) is 12.3. The number of carbonyl (C=O) groups is 1. The van der Waals surface area contributed by atoms with E-state index in [-0.39, 0.29) is 22.6 Å². The summed E-state index contributed by atoms with van der Waals surface area (Å²) in [6.45, 7) is 9.14. The Morgan fingerprint density at radius 1 is 1.23 bits per heavy atom. The van der Waals surface area contributed by atoms with Crippen LogP contribution in [0.15, 0.2) is 23.1 Å². The zero-order chi connectivity index (χ0) is 19.5. The van der Waals surface area contributed by atoms with Gasteiger partial charge in [0.1, 0.15) is 10.6 Å². The van der Waals surface area contributed by atoms with E-state index in [1.807, 2.05) is 4.90 Å². The van der Waals surface area contributed by atoms with Crippen molar-refractivity contribution in [1.29, 1.82) is 0 Å². The summed E-state index contributed by atoms with van der Waals surface area (Å²) >= 11 is 0. The third-order valence-electron chi connectivity index (χ3n) is 4.54. The van der Waals surface area contributed by atoms with Crippen LogP contribution in [0.1, 0.15) is 50.9 Å². The highest BCUT2D eigenvalue weighted by atomic mass is 32.2. The molecular formula is C19H30N2O4S. The van der Waals surface area contributed by atoms with Crippen molar-refractivity contribution in [3.63, 3.8) is 0 Å². The van der Waals surface area contributed by atoms with Gasteiger partial charge >= 0.3 is 0 Å². The van der Waals surface area contributed by atoms with Crippen molar-refractivity contribution in [3.8, 4) is 5.75 Å². The van der Waals surface area contributed by atoms with E-state index in [9.17, 15) is 13.2 Å². The number of nitrogens with zero attached hydrogens (tertiary/aromatic N) is 2. The molecule has 1 fully saturated rings. The number of hydrogen-bond acceptors (Lipinski definition) is 4. The summed E-state index contributed by atoms with van der Waals surface area (Å²) in [4.78, 5) is 15.0. The van der Waals surface area contributed by atoms with Gasteiger partial charge in [0.2, 0.25) is 10.0 Å². The van der Waals surface area contributed by atoms with Crippen molar-refractivity contribution in [2.24, 2.45) is 5.92 Å². The van der Waals surface area contributed by atoms with Crippen LogP contribution in [0.5, 0.6) is 5.75 Å². The van der Waals surface area contributed by atoms with Gasteiger partial charge in [-0.15, -0.1) is 0 Å². The van der Waals surface area contributed by atoms with Gasteiger partial charge in [0.15, 0.2) is 0 Å². The lowest BCUT2D eigenvalue weighted by Gasteiger charge is -2.25. The van der Waals surface area contributed by atoms with Gasteiger partial charge in [0.25, 0.3) is 5.91 Å². The van der Waals surface area contributed by atoms with Crippen LogP contribution in [0.4, 0.5) is 0 Å². The molecule has 1 aromatic carbocycles. The molecule has 0 bridgehead atoms. The topological polar surface area (TPSA) is 66.9 Å². The Bertz CT molecular complexity index is 738. The van der Waals surface area contributed by atoms with Crippen LogP contribution in [-0.4, -0.2) is 56.3 Å². The molecule has 0 unspecified atom stereocenters. The van der Waals surface area contributed by atoms with Crippen molar-refractivity contribution in [3.05, 3.63) is 23.8 Å². The second kappa shape index (κ2) is 8.39. The Morgan fingerprint density at radius 2 is 1.85 bits per heavy atom. The van der Waals surface area contributed by atoms with Crippen LogP contribution in [0.2, 0.25) is 0 Å². The summed E-state index contributed by atoms with van der Waals surface area (Å²) in [5.41, 5.74) is 0.393. The van der Waals surface area contributed by atoms with E-state index < -0.39 is 10.0 Å². The predicted molar refractivity (Wildman–Crippen MR) is 102 cm³/mol. The Hall–Kier alpha value is -1.60. The number of carbonyl (C=O) groups excluding carboxylic acids is 1. The average molecular weight is 383 g/mol. The van der Waals surface area contributed by atoms with E-state index in [1.54, 1.807) is 26.0 Å². The maximum atomic E-state index is 13.0. The SMILES string of the molecule is CCN(CC)S(=O)(=O)c1cc(C(=O)N(CC(C)C)C2CC2)ccc1OC. The summed E-state index contributed by atoms with van der Waals surface area (Å²) in [6, 6.07) is 4.96. The first kappa shape index (κ1) is 20.7. The minimum atomic E-state index is -3.72. The summed E-state index contributed by atoms with van der Waals surface area (Å²) in [5.74, 6) is 0.506. The van der Waals surface area contributed by atoms with Crippen molar-refractivity contribution in [2.45, 2.75) is 51.5 Å². The quantitative estimate of drug-likeness (QED) is 0.658. The zero-order valence-corrected chi connectivity index (χ0v) is 17.2. The van der Waals surface area contributed by atoms with E-state index >= 15 is 0 Å². The Labute approximate surface area is 157 Å². The first-order valence-electron chi connectivity index (χ1n) is 9.25. The van der Waals surface area contributed by atoms with E-state index in [2.05, 4.69) is 13.8 Å². The third kappa shape index (κ3) is 4.38. The molecule has 26 heavy (non-hydrogen) atoms. The standard InChI is InChI=1S/C19H30N2O4S/c1-6-20(7-2)26(23,24)18-12-15(8-11-17(18)25-5)19(22)21(13-14(3)4)16-9-10-16/h8,11-12,14,16H,6-7,9-10,13H2,1-5H3. The van der Waals surface area contributed by atoms with E-state index in [0.29, 0.717) is 31.1 Å². The summed E-state index contributed by atoms with van der Waals surface area (Å²) in [5, 5.41) is 0. The first-order valence-corrected chi connectivity index (χ1v) is 10.7. The average Bonchev–Trinajstić information content (AvgIpc) is 3.44. The van der Waals surface area contributed by atoms with Gasteiger partial charge in [-0.1, -0.05) is 27.7 Å². The molecule has 0 spiro atoms. The number of sulfonamides is 1. The number of amides is 1. The van der Waals surface area contributed by atoms with Crippen LogP contribution in [-0.2, 0) is 10.0 Å². The molecule has 0 aromatic heterocycles. The molecule has 1 aliphatic carbocycles. The van der Waals surface area contributed by atoms with E-state index in [0.717, 1.165) is 12.8 Å². The highest BCUT2D eigenvalue weighted by Gasteiger charge is 2.34. The van der Waals surface area contributed by atoms with Crippen molar-refractivity contribution in [1.82, 2.24) is 9.21 Å². The van der Waals surface area contributed by atoms with Gasteiger partial charge in [-0.2, -0.15) is 4.31 Å². The van der Waals surface area contributed by atoms with E-state index in [1.165, 1.54) is 17.5 Å². The molecule has 0 atom stereocenters. The number of ether oxygens (including phenoxy) is 1. The highest BCUT2D eigenvalue weighted by molar-refractivity contribution is 7.89. The molecule has 1 amide bonds. The van der Waals surface area contributed by atoms with Gasteiger partial charge in [-0.05, 0) is 37.0 Å². The molecule has 1 aliphatic rings. The molecule has 7 heteroatoms. The maximum absolute atomic E-state index is 13.0. The number of rotatable bonds is 9. The second-order valence-electron chi connectivity index (χ2n) is 7.04. The van der Waals surface area contributed by atoms with Crippen LogP contribution < -0.4 is 4.74 Å². The molecule has 0 N–H and O–H groups in total. The van der Waals surface area contributed by atoms with Crippen LogP contribution in [0, 0.1) is 5.92 Å². The summed E-state index contributed by atoms with van der Waals surface area (Å²) in [6.07, 6.45) is 2.03. The molecule has 0 radical (unpaired) electrons. The van der Waals surface area contributed by atoms with Gasteiger partial charge < -0.3 is 9.64 Å². The Balaban J connectivity index is 2.44. The number of methoxy groups -OCH3 is 1. The van der Waals surface area contributed by atoms with Crippen molar-refractivity contribution in [2.75, 3.05) is 26.7 Å². The van der Waals surface area contributed by atoms with Crippen molar-refractivity contribution >= 4 is 15.9 Å². The molecule has 0 heterocycles. The molecule has 146 valence electrons. The smallest absolute Gasteiger partial charge is 0.254 e. The molecule has 0 saturated heterocycles. The van der Waals surface area contributed by atoms with Gasteiger partial charge in [0.05, 0.1) is 7.11 Å². The fourth-order valence-electron chi connectivity index (χ4n) is 3.06. The summed E-state index contributed by atoms with van der Waals surface area (Å²) < 4.78 is 32.6. The maximum Gasteiger partial charge on any atom is 0.254 e. The lowest BCUT2D eigenvalue weighted by Crippen LogP contribution is -2.36. The van der Waals surface area contributed by atoms with Gasteiger partial charge in [-0.25, -0.2) is 8.42 Å². The normalized spacial score (nSPS) is 14.7. The van der Waals surface area contributed by atoms with Gasteiger partial charge in [0, 0.05) is 31.2 Å². The van der Waals surface area contributed by atoms with Crippen LogP contribution in [0.25, 0.3) is 0 Å². The molecule has 6 nitrogen and oxygen atoms in total. The molecule has 0 aliphatic heterocycles. The van der Waals surface area contributed by atoms with Crippen LogP contribution >= 0.6 is 0 Å². The van der Waals surface area contributed by atoms with Crippen molar-refractivity contribution < 1.29 is 17.9 Å². The molecular weight excluding hydrogens is 352 g/mol. The second-order valence-corrected chi connectivity index (χ2v) is 8.94. The Morgan fingerprint density at radius 3 is 2.31 bits per heavy atom. The number of hydrogen-bond donors (Lipinski definition) is 0. The van der Waals surface area contributed by atoms with E-state index in [4.69, 9.17) is 4.74 Å². The number of benzene rings is 1.